The Bertz CT molecular complexity index is 702. The van der Waals surface area contributed by atoms with Gasteiger partial charge in [0, 0.05) is 22.0 Å². The van der Waals surface area contributed by atoms with Crippen LogP contribution in [-0.2, 0) is 0 Å². The van der Waals surface area contributed by atoms with Crippen LogP contribution in [0.2, 0.25) is 5.02 Å². The average Bonchev–Trinajstić information content (AvgIpc) is 2.90. The predicted molar refractivity (Wildman–Crippen MR) is 84.8 cm³/mol. The molecule has 3 nitrogen and oxygen atoms in total. The summed E-state index contributed by atoms with van der Waals surface area (Å²) in [6.07, 6.45) is 3.19. The second kappa shape index (κ2) is 5.06. The average molecular weight is 306 g/mol. The molecule has 0 saturated heterocycles. The normalized spacial score (nSPS) is 20.9. The van der Waals surface area contributed by atoms with Crippen molar-refractivity contribution in [2.75, 3.05) is 0 Å². The number of amides is 1. The van der Waals surface area contributed by atoms with Crippen molar-refractivity contribution >= 4 is 28.5 Å². The molecule has 112 valence electrons. The Morgan fingerprint density at radius 3 is 2.86 bits per heavy atom. The van der Waals surface area contributed by atoms with Crippen LogP contribution >= 0.6 is 11.6 Å². The quantitative estimate of drug-likeness (QED) is 0.873. The van der Waals surface area contributed by atoms with Crippen LogP contribution < -0.4 is 5.32 Å². The van der Waals surface area contributed by atoms with E-state index in [1.54, 1.807) is 12.1 Å². The molecule has 1 amide bonds. The van der Waals surface area contributed by atoms with Crippen LogP contribution in [-0.4, -0.2) is 11.9 Å². The second-order valence-electron chi connectivity index (χ2n) is 6.77. The summed E-state index contributed by atoms with van der Waals surface area (Å²) in [7, 11) is 0. The van der Waals surface area contributed by atoms with E-state index in [9.17, 15) is 4.79 Å². The van der Waals surface area contributed by atoms with E-state index in [0.29, 0.717) is 21.8 Å². The highest BCUT2D eigenvalue weighted by atomic mass is 35.5. The first kappa shape index (κ1) is 14.5. The maximum atomic E-state index is 12.4. The number of hydrogen-bond acceptors (Lipinski definition) is 2. The number of aryl methyl sites for hydroxylation is 1. The first-order valence-corrected chi connectivity index (χ1v) is 7.73. The molecule has 1 N–H and O–H groups in total. The summed E-state index contributed by atoms with van der Waals surface area (Å²) in [6, 6.07) is 5.66. The summed E-state index contributed by atoms with van der Waals surface area (Å²) >= 11 is 6.01. The molecule has 1 aliphatic rings. The van der Waals surface area contributed by atoms with E-state index >= 15 is 0 Å². The van der Waals surface area contributed by atoms with Crippen molar-refractivity contribution < 1.29 is 9.21 Å². The van der Waals surface area contributed by atoms with Crippen LogP contribution in [0.1, 0.15) is 49.2 Å². The third-order valence-electron chi connectivity index (χ3n) is 4.41. The molecule has 2 aromatic rings. The number of rotatable bonds is 2. The molecular weight excluding hydrogens is 286 g/mol. The van der Waals surface area contributed by atoms with Crippen molar-refractivity contribution in [3.8, 4) is 0 Å². The van der Waals surface area contributed by atoms with Crippen LogP contribution in [0, 0.1) is 12.3 Å². The SMILES string of the molecule is Cc1c(C(=O)NC2CCC(C)(C)C2)oc2ccc(Cl)cc12. The van der Waals surface area contributed by atoms with Gasteiger partial charge in [0.2, 0.25) is 0 Å². The van der Waals surface area contributed by atoms with Gasteiger partial charge in [-0.15, -0.1) is 0 Å². The van der Waals surface area contributed by atoms with Crippen molar-refractivity contribution in [3.05, 3.63) is 34.5 Å². The summed E-state index contributed by atoms with van der Waals surface area (Å²) in [6.45, 7) is 6.39. The van der Waals surface area contributed by atoms with E-state index in [2.05, 4.69) is 19.2 Å². The lowest BCUT2D eigenvalue weighted by Gasteiger charge is -2.17. The minimum atomic E-state index is -0.123. The summed E-state index contributed by atoms with van der Waals surface area (Å²) in [4.78, 5) is 12.4. The number of halogens is 1. The Balaban J connectivity index is 1.83. The fourth-order valence-electron chi connectivity index (χ4n) is 3.22. The molecule has 1 fully saturated rings. The lowest BCUT2D eigenvalue weighted by molar-refractivity contribution is 0.0909. The van der Waals surface area contributed by atoms with E-state index in [1.807, 2.05) is 13.0 Å². The minimum Gasteiger partial charge on any atom is -0.451 e. The molecule has 21 heavy (non-hydrogen) atoms. The molecule has 3 rings (SSSR count). The topological polar surface area (TPSA) is 42.2 Å². The molecule has 1 aromatic carbocycles. The lowest BCUT2D eigenvalue weighted by atomic mass is 9.92. The maximum Gasteiger partial charge on any atom is 0.287 e. The minimum absolute atomic E-state index is 0.123. The van der Waals surface area contributed by atoms with Gasteiger partial charge in [0.15, 0.2) is 5.76 Å². The van der Waals surface area contributed by atoms with E-state index in [1.165, 1.54) is 0 Å². The molecule has 0 aliphatic heterocycles. The highest BCUT2D eigenvalue weighted by Crippen LogP contribution is 2.37. The Hall–Kier alpha value is -1.48. The second-order valence-corrected chi connectivity index (χ2v) is 7.21. The molecule has 1 atom stereocenters. The molecule has 4 heteroatoms. The van der Waals surface area contributed by atoms with Gasteiger partial charge in [0.05, 0.1) is 0 Å². The fourth-order valence-corrected chi connectivity index (χ4v) is 3.39. The summed E-state index contributed by atoms with van der Waals surface area (Å²) in [5.41, 5.74) is 1.87. The smallest absolute Gasteiger partial charge is 0.287 e. The van der Waals surface area contributed by atoms with Gasteiger partial charge in [-0.3, -0.25) is 4.79 Å². The van der Waals surface area contributed by atoms with Gasteiger partial charge in [-0.1, -0.05) is 25.4 Å². The monoisotopic (exact) mass is 305 g/mol. The lowest BCUT2D eigenvalue weighted by Crippen LogP contribution is -2.33. The highest BCUT2D eigenvalue weighted by molar-refractivity contribution is 6.31. The first-order valence-electron chi connectivity index (χ1n) is 7.35. The van der Waals surface area contributed by atoms with Gasteiger partial charge in [0.25, 0.3) is 5.91 Å². The van der Waals surface area contributed by atoms with Crippen molar-refractivity contribution in [2.24, 2.45) is 5.41 Å². The Morgan fingerprint density at radius 2 is 2.19 bits per heavy atom. The van der Waals surface area contributed by atoms with Gasteiger partial charge in [-0.05, 0) is 49.8 Å². The number of carbonyl (C=O) groups excluding carboxylic acids is 1. The van der Waals surface area contributed by atoms with Gasteiger partial charge < -0.3 is 9.73 Å². The number of furan rings is 1. The third kappa shape index (κ3) is 2.80. The zero-order valence-corrected chi connectivity index (χ0v) is 13.4. The van der Waals surface area contributed by atoms with Crippen molar-refractivity contribution in [2.45, 2.75) is 46.1 Å². The molecular formula is C17H20ClNO2. The maximum absolute atomic E-state index is 12.4. The van der Waals surface area contributed by atoms with Crippen LogP contribution in [0.5, 0.6) is 0 Å². The number of benzene rings is 1. The van der Waals surface area contributed by atoms with E-state index in [-0.39, 0.29) is 11.9 Å². The van der Waals surface area contributed by atoms with E-state index in [4.69, 9.17) is 16.0 Å². The number of hydrogen-bond donors (Lipinski definition) is 1. The van der Waals surface area contributed by atoms with Crippen LogP contribution in [0.25, 0.3) is 11.0 Å². The fraction of sp³-hybridized carbons (Fsp3) is 0.471. The zero-order chi connectivity index (χ0) is 15.2. The summed E-state index contributed by atoms with van der Waals surface area (Å²) < 4.78 is 5.71. The van der Waals surface area contributed by atoms with E-state index in [0.717, 1.165) is 30.2 Å². The van der Waals surface area contributed by atoms with Crippen molar-refractivity contribution in [3.63, 3.8) is 0 Å². The zero-order valence-electron chi connectivity index (χ0n) is 12.6. The van der Waals surface area contributed by atoms with E-state index < -0.39 is 0 Å². The Labute approximate surface area is 129 Å². The molecule has 1 saturated carbocycles. The molecule has 0 radical (unpaired) electrons. The van der Waals surface area contributed by atoms with Gasteiger partial charge in [0.1, 0.15) is 5.58 Å². The Morgan fingerprint density at radius 1 is 1.43 bits per heavy atom. The van der Waals surface area contributed by atoms with Crippen molar-refractivity contribution in [1.82, 2.24) is 5.32 Å². The van der Waals surface area contributed by atoms with Gasteiger partial charge in [-0.25, -0.2) is 0 Å². The molecule has 1 aliphatic carbocycles. The molecule has 0 spiro atoms. The largest absolute Gasteiger partial charge is 0.451 e. The predicted octanol–water partition coefficient (Wildman–Crippen LogP) is 4.70. The summed E-state index contributed by atoms with van der Waals surface area (Å²) in [5.74, 6) is 0.277. The van der Waals surface area contributed by atoms with Gasteiger partial charge >= 0.3 is 0 Å². The first-order chi connectivity index (χ1) is 9.85. The molecule has 0 bridgehead atoms. The Kier molecular flexibility index (Phi) is 3.48. The molecule has 1 unspecified atom stereocenters. The number of fused-ring (bicyclic) bond motifs is 1. The number of carbonyl (C=O) groups is 1. The highest BCUT2D eigenvalue weighted by Gasteiger charge is 2.32. The van der Waals surface area contributed by atoms with Crippen molar-refractivity contribution in [1.29, 1.82) is 0 Å². The standard InChI is InChI=1S/C17H20ClNO2/c1-10-13-8-11(18)4-5-14(13)21-15(10)16(20)19-12-6-7-17(2,3)9-12/h4-5,8,12H,6-7,9H2,1-3H3,(H,19,20). The third-order valence-corrected chi connectivity index (χ3v) is 4.64. The number of nitrogens with one attached hydrogen (secondary N) is 1. The van der Waals surface area contributed by atoms with Crippen LogP contribution in [0.3, 0.4) is 0 Å². The van der Waals surface area contributed by atoms with Crippen LogP contribution in [0.4, 0.5) is 0 Å². The summed E-state index contributed by atoms with van der Waals surface area (Å²) in [5, 5.41) is 4.65. The van der Waals surface area contributed by atoms with Gasteiger partial charge in [-0.2, -0.15) is 0 Å². The van der Waals surface area contributed by atoms with Crippen LogP contribution in [0.15, 0.2) is 22.6 Å². The molecule has 1 aromatic heterocycles. The molecule has 1 heterocycles.